The summed E-state index contributed by atoms with van der Waals surface area (Å²) in [6, 6.07) is 16.9. The minimum atomic E-state index is 0.256. The van der Waals surface area contributed by atoms with Crippen molar-refractivity contribution in [3.63, 3.8) is 0 Å². The van der Waals surface area contributed by atoms with Gasteiger partial charge in [0.05, 0.1) is 15.9 Å². The summed E-state index contributed by atoms with van der Waals surface area (Å²) in [6.45, 7) is 0. The Morgan fingerprint density at radius 2 is 1.95 bits per heavy atom. The molecule has 0 amide bonds. The molecule has 1 heterocycles. The number of hydrazone groups is 1. The number of halogens is 1. The van der Waals surface area contributed by atoms with Crippen LogP contribution in [0.3, 0.4) is 0 Å². The summed E-state index contributed by atoms with van der Waals surface area (Å²) in [4.78, 5) is 4.41. The lowest BCUT2D eigenvalue weighted by Crippen LogP contribution is -2.01. The number of nitriles is 1. The zero-order valence-electron chi connectivity index (χ0n) is 10.7. The normalized spacial score (nSPS) is 11.3. The standard InChI is InChI=1S/C15H9ClN4S/c16-10-5-7-11(8-6-10)19-20-13(9-17)15-18-12-3-1-2-4-14(12)21-15/h1-8,19H/b20-13+. The fourth-order valence-corrected chi connectivity index (χ4v) is 2.77. The highest BCUT2D eigenvalue weighted by Crippen LogP contribution is 2.22. The Bertz CT molecular complexity index is 813. The minimum absolute atomic E-state index is 0.256. The Labute approximate surface area is 130 Å². The van der Waals surface area contributed by atoms with Crippen LogP contribution < -0.4 is 5.43 Å². The molecular formula is C15H9ClN4S. The van der Waals surface area contributed by atoms with E-state index in [0.717, 1.165) is 15.9 Å². The van der Waals surface area contributed by atoms with E-state index in [1.807, 2.05) is 24.3 Å². The number of hydrogen-bond acceptors (Lipinski definition) is 5. The third kappa shape index (κ3) is 3.02. The molecule has 0 saturated carbocycles. The first-order chi connectivity index (χ1) is 10.3. The molecule has 0 radical (unpaired) electrons. The number of hydrogen-bond donors (Lipinski definition) is 1. The maximum atomic E-state index is 9.25. The van der Waals surface area contributed by atoms with Crippen molar-refractivity contribution in [3.8, 4) is 6.07 Å². The summed E-state index contributed by atoms with van der Waals surface area (Å²) in [5.41, 5.74) is 4.72. The highest BCUT2D eigenvalue weighted by atomic mass is 35.5. The molecule has 0 aliphatic rings. The largest absolute Gasteiger partial charge is 0.277 e. The Balaban J connectivity index is 1.89. The Hall–Kier alpha value is -2.42. The SMILES string of the molecule is N#C/C(=N\Nc1ccc(Cl)cc1)c1nc2ccccc2s1. The average molecular weight is 313 g/mol. The Kier molecular flexibility index (Phi) is 3.82. The minimum Gasteiger partial charge on any atom is -0.277 e. The number of benzene rings is 2. The molecule has 0 bridgehead atoms. The van der Waals surface area contributed by atoms with Crippen LogP contribution in [0.25, 0.3) is 10.2 Å². The van der Waals surface area contributed by atoms with E-state index in [0.29, 0.717) is 10.0 Å². The number of nitrogens with zero attached hydrogens (tertiary/aromatic N) is 3. The van der Waals surface area contributed by atoms with E-state index >= 15 is 0 Å². The second kappa shape index (κ2) is 5.92. The van der Waals surface area contributed by atoms with Crippen LogP contribution in [0.15, 0.2) is 53.6 Å². The first kappa shape index (κ1) is 13.6. The Morgan fingerprint density at radius 1 is 1.19 bits per heavy atom. The molecule has 4 nitrogen and oxygen atoms in total. The molecule has 0 spiro atoms. The zero-order valence-corrected chi connectivity index (χ0v) is 12.3. The maximum absolute atomic E-state index is 9.25. The van der Waals surface area contributed by atoms with Gasteiger partial charge in [-0.3, -0.25) is 5.43 Å². The van der Waals surface area contributed by atoms with Crippen molar-refractivity contribution in [3.05, 3.63) is 58.6 Å². The van der Waals surface area contributed by atoms with Crippen molar-refractivity contribution in [1.82, 2.24) is 4.98 Å². The molecule has 0 unspecified atom stereocenters. The number of thiazole rings is 1. The van der Waals surface area contributed by atoms with E-state index < -0.39 is 0 Å². The van der Waals surface area contributed by atoms with Crippen molar-refractivity contribution in [2.45, 2.75) is 0 Å². The highest BCUT2D eigenvalue weighted by Gasteiger charge is 2.09. The number of rotatable bonds is 3. The number of fused-ring (bicyclic) bond motifs is 1. The van der Waals surface area contributed by atoms with Crippen molar-refractivity contribution in [2.24, 2.45) is 5.10 Å². The smallest absolute Gasteiger partial charge is 0.196 e. The van der Waals surface area contributed by atoms with E-state index in [1.165, 1.54) is 11.3 Å². The van der Waals surface area contributed by atoms with Gasteiger partial charge in [0, 0.05) is 5.02 Å². The molecular weight excluding hydrogens is 304 g/mol. The number of para-hydroxylation sites is 1. The first-order valence-electron chi connectivity index (χ1n) is 6.11. The lowest BCUT2D eigenvalue weighted by molar-refractivity contribution is 1.32. The lowest BCUT2D eigenvalue weighted by atomic mass is 10.3. The van der Waals surface area contributed by atoms with Gasteiger partial charge in [-0.1, -0.05) is 23.7 Å². The summed E-state index contributed by atoms with van der Waals surface area (Å²) in [5.74, 6) is 0. The molecule has 0 atom stereocenters. The summed E-state index contributed by atoms with van der Waals surface area (Å²) < 4.78 is 1.03. The van der Waals surface area contributed by atoms with Crippen LogP contribution in [0, 0.1) is 11.3 Å². The molecule has 0 aliphatic carbocycles. The maximum Gasteiger partial charge on any atom is 0.196 e. The molecule has 0 saturated heterocycles. The van der Waals surface area contributed by atoms with E-state index in [9.17, 15) is 5.26 Å². The van der Waals surface area contributed by atoms with Gasteiger partial charge in [0.1, 0.15) is 6.07 Å². The number of nitrogens with one attached hydrogen (secondary N) is 1. The molecule has 3 rings (SSSR count). The summed E-state index contributed by atoms with van der Waals surface area (Å²) in [5, 5.41) is 14.6. The molecule has 0 fully saturated rings. The van der Waals surface area contributed by atoms with Crippen LogP contribution in [0.5, 0.6) is 0 Å². The Morgan fingerprint density at radius 3 is 2.67 bits per heavy atom. The van der Waals surface area contributed by atoms with E-state index in [1.54, 1.807) is 24.3 Å². The second-order valence-electron chi connectivity index (χ2n) is 4.18. The molecule has 21 heavy (non-hydrogen) atoms. The summed E-state index contributed by atoms with van der Waals surface area (Å²) in [6.07, 6.45) is 0. The lowest BCUT2D eigenvalue weighted by Gasteiger charge is -2.00. The van der Waals surface area contributed by atoms with Gasteiger partial charge in [0.25, 0.3) is 0 Å². The van der Waals surface area contributed by atoms with Gasteiger partial charge in [-0.25, -0.2) is 4.98 Å². The number of anilines is 1. The van der Waals surface area contributed by atoms with Crippen LogP contribution in [0.4, 0.5) is 5.69 Å². The van der Waals surface area contributed by atoms with Crippen LogP contribution in [0.2, 0.25) is 5.02 Å². The van der Waals surface area contributed by atoms with Crippen LogP contribution in [-0.4, -0.2) is 10.7 Å². The zero-order chi connectivity index (χ0) is 14.7. The quantitative estimate of drug-likeness (QED) is 0.579. The van der Waals surface area contributed by atoms with E-state index in [4.69, 9.17) is 11.6 Å². The predicted molar refractivity (Wildman–Crippen MR) is 86.8 cm³/mol. The molecule has 0 aliphatic heterocycles. The predicted octanol–water partition coefficient (Wildman–Crippen LogP) is 4.29. The second-order valence-corrected chi connectivity index (χ2v) is 5.64. The van der Waals surface area contributed by atoms with E-state index in [-0.39, 0.29) is 5.71 Å². The van der Waals surface area contributed by atoms with Gasteiger partial charge in [0.15, 0.2) is 10.7 Å². The topological polar surface area (TPSA) is 61.1 Å². The third-order valence-corrected chi connectivity index (χ3v) is 4.04. The summed E-state index contributed by atoms with van der Waals surface area (Å²) >= 11 is 7.26. The molecule has 3 aromatic rings. The van der Waals surface area contributed by atoms with Gasteiger partial charge >= 0.3 is 0 Å². The number of aromatic nitrogens is 1. The van der Waals surface area contributed by atoms with Gasteiger partial charge in [-0.15, -0.1) is 11.3 Å². The summed E-state index contributed by atoms with van der Waals surface area (Å²) in [7, 11) is 0. The van der Waals surface area contributed by atoms with Crippen molar-refractivity contribution in [1.29, 1.82) is 5.26 Å². The van der Waals surface area contributed by atoms with Gasteiger partial charge in [-0.05, 0) is 36.4 Å². The molecule has 1 N–H and O–H groups in total. The van der Waals surface area contributed by atoms with Gasteiger partial charge in [-0.2, -0.15) is 10.4 Å². The third-order valence-electron chi connectivity index (χ3n) is 2.74. The van der Waals surface area contributed by atoms with Crippen molar-refractivity contribution >= 4 is 44.6 Å². The first-order valence-corrected chi connectivity index (χ1v) is 7.31. The van der Waals surface area contributed by atoms with E-state index in [2.05, 4.69) is 21.6 Å². The molecule has 1 aromatic heterocycles. The molecule has 6 heteroatoms. The van der Waals surface area contributed by atoms with Crippen LogP contribution in [-0.2, 0) is 0 Å². The monoisotopic (exact) mass is 312 g/mol. The molecule has 102 valence electrons. The van der Waals surface area contributed by atoms with Crippen LogP contribution >= 0.6 is 22.9 Å². The molecule has 2 aromatic carbocycles. The van der Waals surface area contributed by atoms with Crippen molar-refractivity contribution in [2.75, 3.05) is 5.43 Å². The fourth-order valence-electron chi connectivity index (χ4n) is 1.74. The van der Waals surface area contributed by atoms with Crippen molar-refractivity contribution < 1.29 is 0 Å². The average Bonchev–Trinajstić information content (AvgIpc) is 2.93. The van der Waals surface area contributed by atoms with Gasteiger partial charge < -0.3 is 0 Å². The van der Waals surface area contributed by atoms with Gasteiger partial charge in [0.2, 0.25) is 0 Å². The van der Waals surface area contributed by atoms with Crippen LogP contribution in [0.1, 0.15) is 5.01 Å². The highest BCUT2D eigenvalue weighted by molar-refractivity contribution is 7.20. The fraction of sp³-hybridized carbons (Fsp3) is 0.